The average Bonchev–Trinajstić information content (AvgIpc) is 3.65. The quantitative estimate of drug-likeness (QED) is 0.157. The van der Waals surface area contributed by atoms with E-state index in [1.807, 2.05) is 66.6 Å². The van der Waals surface area contributed by atoms with Gasteiger partial charge in [0.05, 0.1) is 48.7 Å². The van der Waals surface area contributed by atoms with Crippen molar-refractivity contribution in [1.29, 1.82) is 0 Å². The molecule has 0 aromatic heterocycles. The number of likely N-dealkylation sites (N-methyl/N-ethyl adjacent to an activating group) is 2. The van der Waals surface area contributed by atoms with Gasteiger partial charge in [-0.15, -0.1) is 0 Å². The number of nitrogens with zero attached hydrogens (tertiary/aromatic N) is 3. The molecule has 2 rings (SSSR count). The maximum absolute atomic E-state index is 14.2. The van der Waals surface area contributed by atoms with Crippen molar-refractivity contribution in [2.45, 2.75) is 130 Å². The highest BCUT2D eigenvalue weighted by molar-refractivity contribution is 6.01. The van der Waals surface area contributed by atoms with Gasteiger partial charge in [-0.1, -0.05) is 85.2 Å². The highest BCUT2D eigenvalue weighted by Crippen LogP contribution is 2.30. The number of aliphatic carboxylic acids is 1. The Morgan fingerprint density at radius 1 is 0.881 bits per heavy atom. The lowest BCUT2D eigenvalue weighted by atomic mass is 9.89. The summed E-state index contributed by atoms with van der Waals surface area (Å²) in [5, 5.41) is 13.0. The Labute approximate surface area is 347 Å². The number of ether oxygens (including phenoxy) is 2. The van der Waals surface area contributed by atoms with E-state index in [1.165, 1.54) is 7.11 Å². The van der Waals surface area contributed by atoms with E-state index in [0.717, 1.165) is 12.8 Å². The third-order valence-electron chi connectivity index (χ3n) is 11.0. The van der Waals surface area contributed by atoms with Gasteiger partial charge in [-0.25, -0.2) is 4.79 Å². The zero-order chi connectivity index (χ0) is 45.5. The summed E-state index contributed by atoms with van der Waals surface area (Å²) in [4.78, 5) is 82.3. The van der Waals surface area contributed by atoms with E-state index in [9.17, 15) is 37.1 Å². The van der Waals surface area contributed by atoms with Gasteiger partial charge in [-0.3, -0.25) is 28.9 Å². The van der Waals surface area contributed by atoms with Crippen molar-refractivity contribution in [2.24, 2.45) is 23.7 Å². The summed E-state index contributed by atoms with van der Waals surface area (Å²) in [5.41, 5.74) is 0.517. The lowest BCUT2D eigenvalue weighted by Gasteiger charge is -2.41. The van der Waals surface area contributed by atoms with Crippen LogP contribution in [-0.4, -0.2) is 146 Å². The first-order valence-electron chi connectivity index (χ1n) is 20.2. The minimum atomic E-state index is -5.08. The second-order valence-corrected chi connectivity index (χ2v) is 16.2. The van der Waals surface area contributed by atoms with E-state index in [4.69, 9.17) is 19.4 Å². The van der Waals surface area contributed by atoms with Crippen molar-refractivity contribution in [3.8, 4) is 0 Å². The number of hydrogen-bond acceptors (Lipinski definition) is 9. The smallest absolute Gasteiger partial charge is 0.475 e. The van der Waals surface area contributed by atoms with Crippen LogP contribution in [0, 0.1) is 23.7 Å². The first-order valence-corrected chi connectivity index (χ1v) is 20.2. The molecule has 0 aliphatic carbocycles. The molecule has 0 saturated carbocycles. The molecule has 17 heteroatoms. The number of carbonyl (C=O) groups is 6. The van der Waals surface area contributed by atoms with Gasteiger partial charge in [-0.2, -0.15) is 13.2 Å². The minimum absolute atomic E-state index is 0.0218. The number of rotatable bonds is 20. The van der Waals surface area contributed by atoms with E-state index in [1.54, 1.807) is 62.1 Å². The first-order chi connectivity index (χ1) is 27.4. The van der Waals surface area contributed by atoms with Crippen molar-refractivity contribution in [1.82, 2.24) is 25.3 Å². The van der Waals surface area contributed by atoms with Crippen LogP contribution in [0.25, 0.3) is 0 Å². The van der Waals surface area contributed by atoms with Crippen molar-refractivity contribution in [2.75, 3.05) is 41.9 Å². The van der Waals surface area contributed by atoms with Gasteiger partial charge in [0.1, 0.15) is 6.04 Å². The number of carboxylic acids is 1. The number of ketones is 1. The van der Waals surface area contributed by atoms with Crippen LogP contribution in [0.15, 0.2) is 30.3 Å². The summed E-state index contributed by atoms with van der Waals surface area (Å²) in [6, 6.07) is 6.13. The highest BCUT2D eigenvalue weighted by atomic mass is 19.4. The number of carboxylic acid groups (broad SMARTS) is 1. The second-order valence-electron chi connectivity index (χ2n) is 16.2. The van der Waals surface area contributed by atoms with E-state index in [-0.39, 0.29) is 59.6 Å². The van der Waals surface area contributed by atoms with Crippen molar-refractivity contribution >= 4 is 35.4 Å². The molecule has 59 heavy (non-hydrogen) atoms. The molecule has 3 N–H and O–H groups in total. The Balaban J connectivity index is 0.00000227. The Kier molecular flexibility index (Phi) is 21.7. The van der Waals surface area contributed by atoms with E-state index in [2.05, 4.69) is 10.6 Å². The van der Waals surface area contributed by atoms with Crippen LogP contribution >= 0.6 is 0 Å². The van der Waals surface area contributed by atoms with Gasteiger partial charge >= 0.3 is 12.1 Å². The number of halogens is 3. The summed E-state index contributed by atoms with van der Waals surface area (Å²) in [6.45, 7) is 15.8. The molecule has 1 aromatic carbocycles. The molecule has 4 amide bonds. The molecule has 9 atom stereocenters. The van der Waals surface area contributed by atoms with Gasteiger partial charge in [0.25, 0.3) is 0 Å². The van der Waals surface area contributed by atoms with Crippen LogP contribution in [0.2, 0.25) is 0 Å². The van der Waals surface area contributed by atoms with Crippen molar-refractivity contribution in [3.05, 3.63) is 35.9 Å². The van der Waals surface area contributed by atoms with Crippen LogP contribution in [-0.2, 0) is 33.4 Å². The molecule has 14 nitrogen and oxygen atoms in total. The number of carbonyl (C=O) groups excluding carboxylic acids is 5. The van der Waals surface area contributed by atoms with Gasteiger partial charge in [0, 0.05) is 33.4 Å². The van der Waals surface area contributed by atoms with Crippen molar-refractivity contribution < 1.29 is 56.5 Å². The van der Waals surface area contributed by atoms with Gasteiger partial charge < -0.3 is 35.0 Å². The largest absolute Gasteiger partial charge is 0.490 e. The number of methoxy groups -OCH3 is 2. The van der Waals surface area contributed by atoms with E-state index >= 15 is 0 Å². The Hall–Kier alpha value is -4.09. The topological polar surface area (TPSA) is 175 Å². The predicted molar refractivity (Wildman–Crippen MR) is 217 cm³/mol. The van der Waals surface area contributed by atoms with E-state index in [0.29, 0.717) is 18.5 Å². The molecule has 8 unspecified atom stereocenters. The Bertz CT molecular complexity index is 1520. The molecular formula is C42H68F3N5O9. The third kappa shape index (κ3) is 15.2. The highest BCUT2D eigenvalue weighted by Gasteiger charge is 2.43. The lowest BCUT2D eigenvalue weighted by molar-refractivity contribution is -0.192. The fourth-order valence-electron chi connectivity index (χ4n) is 7.67. The molecule has 1 fully saturated rings. The maximum Gasteiger partial charge on any atom is 0.490 e. The average molecular weight is 844 g/mol. The normalized spacial score (nSPS) is 18.4. The summed E-state index contributed by atoms with van der Waals surface area (Å²) in [7, 11) is 8.53. The number of alkyl halides is 3. The zero-order valence-electron chi connectivity index (χ0n) is 37.0. The summed E-state index contributed by atoms with van der Waals surface area (Å²) in [5.74, 6) is -4.65. The van der Waals surface area contributed by atoms with Crippen LogP contribution < -0.4 is 10.6 Å². The number of amides is 4. The fraction of sp³-hybridized carbons (Fsp3) is 0.714. The van der Waals surface area contributed by atoms with Crippen LogP contribution in [0.4, 0.5) is 13.2 Å². The standard InChI is InChI=1S/C40H67N5O7.C2HF3O2/c1-14-26(6)35(44(11)40(50)33(24(2)3)42-39(49)34(25(4)5)43(9)10)31(51-12)23-32(46)45-22-18-21-30(45)37(52-13)27(7)38(48)41-28(8)36(47)29-19-16-15-17-20-29;3-2(4,5)1(6)7/h15-17,19-20,24-28,30-31,33-35,37H,14,18,21-23H2,1-13H3,(H,41,48)(H,42,49);(H,6,7)/t26?,27?,28?,30-,31?,33?,34?,35?,37?;/m0./s1. The number of nitrogens with one attached hydrogen (secondary N) is 2. The zero-order valence-corrected chi connectivity index (χ0v) is 37.0. The number of hydrogen-bond donors (Lipinski definition) is 3. The molecule has 0 radical (unpaired) electrons. The van der Waals surface area contributed by atoms with E-state index < -0.39 is 54.4 Å². The lowest BCUT2D eigenvalue weighted by Crippen LogP contribution is -2.59. The maximum atomic E-state index is 14.2. The van der Waals surface area contributed by atoms with Gasteiger partial charge in [0.2, 0.25) is 23.6 Å². The van der Waals surface area contributed by atoms with Crippen LogP contribution in [0.3, 0.4) is 0 Å². The molecule has 1 aliphatic heterocycles. The number of benzene rings is 1. The molecule has 1 aliphatic rings. The number of likely N-dealkylation sites (tertiary alicyclic amines) is 1. The molecule has 0 bridgehead atoms. The van der Waals surface area contributed by atoms with Gasteiger partial charge in [0.15, 0.2) is 5.78 Å². The predicted octanol–water partition coefficient (Wildman–Crippen LogP) is 4.65. The summed E-state index contributed by atoms with van der Waals surface area (Å²) >= 11 is 0. The summed E-state index contributed by atoms with van der Waals surface area (Å²) in [6.07, 6.45) is -4.15. The van der Waals surface area contributed by atoms with Crippen LogP contribution in [0.5, 0.6) is 0 Å². The minimum Gasteiger partial charge on any atom is -0.475 e. The Morgan fingerprint density at radius 3 is 1.88 bits per heavy atom. The van der Waals surface area contributed by atoms with Crippen molar-refractivity contribution in [3.63, 3.8) is 0 Å². The summed E-state index contributed by atoms with van der Waals surface area (Å²) < 4.78 is 43.6. The molecule has 1 heterocycles. The molecule has 1 aromatic rings. The van der Waals surface area contributed by atoms with Gasteiger partial charge in [-0.05, 0) is 51.6 Å². The molecule has 1 saturated heterocycles. The SMILES string of the molecule is CCC(C)C(C(CC(=O)N1CCC[C@H]1C(OC)C(C)C(=O)NC(C)C(=O)c1ccccc1)OC)N(C)C(=O)C(NC(=O)C(C(C)C)N(C)C)C(C)C.O=C(O)C(F)(F)F. The fourth-order valence-corrected chi connectivity index (χ4v) is 7.67. The third-order valence-corrected chi connectivity index (χ3v) is 11.0. The first kappa shape index (κ1) is 52.9. The Morgan fingerprint density at radius 2 is 1.44 bits per heavy atom. The molecular weight excluding hydrogens is 775 g/mol. The molecule has 0 spiro atoms. The second kappa shape index (κ2) is 24.2. The molecule has 336 valence electrons. The monoisotopic (exact) mass is 843 g/mol. The number of Topliss-reactive ketones (excluding diaryl/α,β-unsaturated/α-hetero) is 1. The van der Waals surface area contributed by atoms with Crippen LogP contribution in [0.1, 0.15) is 91.4 Å².